The third kappa shape index (κ3) is 4.46. The monoisotopic (exact) mass is 356 g/mol. The predicted octanol–water partition coefficient (Wildman–Crippen LogP) is -0.399. The Balaban J connectivity index is 1.92. The molecule has 1 fully saturated rings. The van der Waals surface area contributed by atoms with E-state index in [-0.39, 0.29) is 11.2 Å². The van der Waals surface area contributed by atoms with Gasteiger partial charge in [-0.2, -0.15) is 9.36 Å². The molecule has 1 N–H and O–H groups in total. The minimum absolute atomic E-state index is 0.136. The van der Waals surface area contributed by atoms with E-state index in [9.17, 15) is 9.90 Å². The molecule has 0 aromatic carbocycles. The van der Waals surface area contributed by atoms with Crippen LogP contribution < -0.4 is 5.69 Å². The van der Waals surface area contributed by atoms with E-state index < -0.39 is 6.23 Å². The van der Waals surface area contributed by atoms with Gasteiger partial charge in [0.05, 0.1) is 13.2 Å². The summed E-state index contributed by atoms with van der Waals surface area (Å²) in [6.45, 7) is 8.13. The molecule has 1 aromatic rings. The van der Waals surface area contributed by atoms with E-state index in [1.165, 1.54) is 9.36 Å². The first-order valence-electron chi connectivity index (χ1n) is 9.10. The van der Waals surface area contributed by atoms with Crippen LogP contribution in [0.1, 0.15) is 33.1 Å². The maximum atomic E-state index is 12.0. The second kappa shape index (κ2) is 8.88. The molecule has 1 atom stereocenters. The summed E-state index contributed by atoms with van der Waals surface area (Å²) in [5.41, 5.74) is -0.290. The normalized spacial score (nSPS) is 19.4. The highest BCUT2D eigenvalue weighted by molar-refractivity contribution is 4.95. The molecule has 25 heavy (non-hydrogen) atoms. The van der Waals surface area contributed by atoms with Crippen molar-refractivity contribution in [3.63, 3.8) is 0 Å². The number of ether oxygens (including phenoxy) is 1. The van der Waals surface area contributed by atoms with Crippen LogP contribution in [-0.4, -0.2) is 86.9 Å². The zero-order valence-corrected chi connectivity index (χ0v) is 15.9. The molecule has 0 spiro atoms. The van der Waals surface area contributed by atoms with Crippen molar-refractivity contribution in [3.05, 3.63) is 10.5 Å². The van der Waals surface area contributed by atoms with Crippen molar-refractivity contribution in [3.8, 4) is 0 Å². The lowest BCUT2D eigenvalue weighted by Gasteiger charge is -2.48. The van der Waals surface area contributed by atoms with Gasteiger partial charge in [0.1, 0.15) is 6.23 Å². The summed E-state index contributed by atoms with van der Waals surface area (Å²) in [6.07, 6.45) is 2.08. The molecule has 0 radical (unpaired) electrons. The SMILES string of the molecule is CCC(O)N(C)C1(COC)CCN(CCn2nnn(CC)c2=O)CC1. The maximum Gasteiger partial charge on any atom is 0.363 e. The van der Waals surface area contributed by atoms with E-state index in [0.29, 0.717) is 26.1 Å². The number of tetrazole rings is 1. The van der Waals surface area contributed by atoms with Crippen molar-refractivity contribution in [2.24, 2.45) is 0 Å². The van der Waals surface area contributed by atoms with Gasteiger partial charge in [-0.3, -0.25) is 4.90 Å². The van der Waals surface area contributed by atoms with Gasteiger partial charge in [0, 0.05) is 38.8 Å². The van der Waals surface area contributed by atoms with Gasteiger partial charge in [-0.25, -0.2) is 4.79 Å². The van der Waals surface area contributed by atoms with E-state index in [1.807, 2.05) is 20.9 Å². The lowest BCUT2D eigenvalue weighted by Crippen LogP contribution is -2.59. The number of aliphatic hydroxyl groups excluding tert-OH is 1. The number of aromatic nitrogens is 4. The minimum Gasteiger partial charge on any atom is -0.383 e. The van der Waals surface area contributed by atoms with Crippen molar-refractivity contribution in [1.82, 2.24) is 29.6 Å². The minimum atomic E-state index is -0.454. The molecule has 1 aromatic heterocycles. The Morgan fingerprint density at radius 3 is 2.40 bits per heavy atom. The highest BCUT2D eigenvalue weighted by atomic mass is 16.5. The number of nitrogens with zero attached hydrogens (tertiary/aromatic N) is 6. The zero-order chi connectivity index (χ0) is 18.4. The molecule has 1 unspecified atom stereocenters. The molecule has 0 saturated carbocycles. The largest absolute Gasteiger partial charge is 0.383 e. The fourth-order valence-corrected chi connectivity index (χ4v) is 3.53. The van der Waals surface area contributed by atoms with Crippen LogP contribution in [0.3, 0.4) is 0 Å². The van der Waals surface area contributed by atoms with Crippen molar-refractivity contribution in [1.29, 1.82) is 0 Å². The number of aliphatic hydroxyl groups is 1. The fourth-order valence-electron chi connectivity index (χ4n) is 3.53. The Morgan fingerprint density at radius 1 is 1.24 bits per heavy atom. The van der Waals surface area contributed by atoms with Gasteiger partial charge in [0.2, 0.25) is 0 Å². The molecular weight excluding hydrogens is 324 g/mol. The van der Waals surface area contributed by atoms with E-state index in [4.69, 9.17) is 4.74 Å². The first kappa shape index (κ1) is 20.0. The summed E-state index contributed by atoms with van der Waals surface area (Å²) in [6, 6.07) is 0. The molecule has 9 heteroatoms. The lowest BCUT2D eigenvalue weighted by atomic mass is 9.86. The summed E-state index contributed by atoms with van der Waals surface area (Å²) < 4.78 is 8.24. The zero-order valence-electron chi connectivity index (χ0n) is 15.9. The predicted molar refractivity (Wildman–Crippen MR) is 94.3 cm³/mol. The van der Waals surface area contributed by atoms with Crippen LogP contribution in [0.5, 0.6) is 0 Å². The van der Waals surface area contributed by atoms with E-state index in [0.717, 1.165) is 32.5 Å². The number of likely N-dealkylation sites (tertiary alicyclic amines) is 1. The third-order valence-corrected chi connectivity index (χ3v) is 5.39. The second-order valence-corrected chi connectivity index (χ2v) is 6.80. The average Bonchev–Trinajstić information content (AvgIpc) is 2.99. The van der Waals surface area contributed by atoms with Gasteiger partial charge in [0.25, 0.3) is 0 Å². The van der Waals surface area contributed by atoms with Gasteiger partial charge >= 0.3 is 5.69 Å². The molecule has 2 heterocycles. The first-order chi connectivity index (χ1) is 12.0. The van der Waals surface area contributed by atoms with Crippen LogP contribution in [0.15, 0.2) is 4.79 Å². The van der Waals surface area contributed by atoms with Gasteiger partial charge in [0.15, 0.2) is 0 Å². The van der Waals surface area contributed by atoms with E-state index in [1.54, 1.807) is 7.11 Å². The van der Waals surface area contributed by atoms with Crippen molar-refractivity contribution in [2.75, 3.05) is 40.4 Å². The summed E-state index contributed by atoms with van der Waals surface area (Å²) in [5.74, 6) is 0. The van der Waals surface area contributed by atoms with Crippen LogP contribution in [0.4, 0.5) is 0 Å². The number of aryl methyl sites for hydroxylation is 1. The lowest BCUT2D eigenvalue weighted by molar-refractivity contribution is -0.102. The average molecular weight is 356 g/mol. The van der Waals surface area contributed by atoms with Crippen LogP contribution >= 0.6 is 0 Å². The van der Waals surface area contributed by atoms with Gasteiger partial charge in [-0.15, -0.1) is 0 Å². The van der Waals surface area contributed by atoms with Crippen molar-refractivity contribution >= 4 is 0 Å². The molecule has 144 valence electrons. The standard InChI is InChI=1S/C16H32N6O3/c1-5-14(23)19(3)16(13-25-4)7-9-20(10-8-16)11-12-22-15(24)21(6-2)17-18-22/h14,23H,5-13H2,1-4H3. The molecule has 0 amide bonds. The fraction of sp³-hybridized carbons (Fsp3) is 0.938. The topological polar surface area (TPSA) is 88.7 Å². The summed E-state index contributed by atoms with van der Waals surface area (Å²) in [7, 11) is 3.69. The van der Waals surface area contributed by atoms with E-state index in [2.05, 4.69) is 20.2 Å². The Labute approximate surface area is 149 Å². The quantitative estimate of drug-likeness (QED) is 0.602. The summed E-state index contributed by atoms with van der Waals surface area (Å²) in [5, 5.41) is 18.0. The van der Waals surface area contributed by atoms with Crippen LogP contribution in [0.25, 0.3) is 0 Å². The van der Waals surface area contributed by atoms with Crippen molar-refractivity contribution < 1.29 is 9.84 Å². The highest BCUT2D eigenvalue weighted by Gasteiger charge is 2.40. The summed E-state index contributed by atoms with van der Waals surface area (Å²) >= 11 is 0. The molecule has 1 saturated heterocycles. The Hall–Kier alpha value is -1.29. The number of hydrogen-bond donors (Lipinski definition) is 1. The molecule has 2 rings (SSSR count). The first-order valence-corrected chi connectivity index (χ1v) is 9.10. The van der Waals surface area contributed by atoms with E-state index >= 15 is 0 Å². The third-order valence-electron chi connectivity index (χ3n) is 5.39. The summed E-state index contributed by atoms with van der Waals surface area (Å²) in [4.78, 5) is 16.4. The molecule has 1 aliphatic rings. The molecule has 9 nitrogen and oxygen atoms in total. The molecule has 0 aliphatic carbocycles. The van der Waals surface area contributed by atoms with Crippen LogP contribution in [0.2, 0.25) is 0 Å². The van der Waals surface area contributed by atoms with Crippen LogP contribution in [-0.2, 0) is 17.8 Å². The Kier molecular flexibility index (Phi) is 7.12. The van der Waals surface area contributed by atoms with Gasteiger partial charge in [-0.1, -0.05) is 6.92 Å². The maximum absolute atomic E-state index is 12.0. The Bertz CT molecular complexity index is 579. The number of rotatable bonds is 9. The molecular formula is C16H32N6O3. The van der Waals surface area contributed by atoms with Gasteiger partial charge < -0.3 is 14.7 Å². The number of hydrogen-bond acceptors (Lipinski definition) is 7. The highest BCUT2D eigenvalue weighted by Crippen LogP contribution is 2.30. The number of likely N-dealkylation sites (N-methyl/N-ethyl adjacent to an activating group) is 1. The number of piperidine rings is 1. The molecule has 0 bridgehead atoms. The van der Waals surface area contributed by atoms with Crippen molar-refractivity contribution in [2.45, 2.75) is 58.0 Å². The van der Waals surface area contributed by atoms with Gasteiger partial charge in [-0.05, 0) is 43.7 Å². The second-order valence-electron chi connectivity index (χ2n) is 6.80. The van der Waals surface area contributed by atoms with Crippen LogP contribution in [0, 0.1) is 0 Å². The smallest absolute Gasteiger partial charge is 0.363 e. The molecule has 1 aliphatic heterocycles. The number of methoxy groups -OCH3 is 1. The Morgan fingerprint density at radius 2 is 1.88 bits per heavy atom.